The molecular weight excluding hydrogens is 392 g/mol. The summed E-state index contributed by atoms with van der Waals surface area (Å²) in [4.78, 5) is 18.6. The fourth-order valence-corrected chi connectivity index (χ4v) is 3.29. The summed E-state index contributed by atoms with van der Waals surface area (Å²) in [6, 6.07) is 17.4. The number of nitrogens with zero attached hydrogens (tertiary/aromatic N) is 2. The molecule has 3 aromatic rings. The van der Waals surface area contributed by atoms with Crippen molar-refractivity contribution < 1.29 is 18.7 Å². The number of aryl methyl sites for hydroxylation is 1. The van der Waals surface area contributed by atoms with Crippen molar-refractivity contribution in [3.63, 3.8) is 0 Å². The van der Waals surface area contributed by atoms with Crippen LogP contribution in [0, 0.1) is 6.92 Å². The lowest BCUT2D eigenvalue weighted by Crippen LogP contribution is -2.38. The van der Waals surface area contributed by atoms with Crippen LogP contribution in [-0.4, -0.2) is 49.2 Å². The molecule has 1 atom stereocenters. The molecular formula is C25H30N2O4. The van der Waals surface area contributed by atoms with Crippen LogP contribution in [0.4, 0.5) is 0 Å². The van der Waals surface area contributed by atoms with Crippen LogP contribution in [0.15, 0.2) is 59.0 Å². The van der Waals surface area contributed by atoms with Gasteiger partial charge in [-0.15, -0.1) is 0 Å². The van der Waals surface area contributed by atoms with Gasteiger partial charge in [0, 0.05) is 12.0 Å². The van der Waals surface area contributed by atoms with Crippen molar-refractivity contribution in [1.82, 2.24) is 9.88 Å². The van der Waals surface area contributed by atoms with Gasteiger partial charge in [-0.2, -0.15) is 0 Å². The van der Waals surface area contributed by atoms with Gasteiger partial charge < -0.3 is 13.9 Å². The predicted molar refractivity (Wildman–Crippen MR) is 120 cm³/mol. The van der Waals surface area contributed by atoms with Crippen LogP contribution in [0.1, 0.15) is 23.9 Å². The Kier molecular flexibility index (Phi) is 7.84. The van der Waals surface area contributed by atoms with Crippen LogP contribution in [-0.2, 0) is 22.4 Å². The number of rotatable bonds is 10. The molecule has 1 aromatic heterocycles. The summed E-state index contributed by atoms with van der Waals surface area (Å²) in [5, 5.41) is 0. The molecule has 6 heteroatoms. The van der Waals surface area contributed by atoms with Crippen LogP contribution in [0.5, 0.6) is 5.75 Å². The van der Waals surface area contributed by atoms with Crippen molar-refractivity contribution in [2.75, 3.05) is 27.3 Å². The van der Waals surface area contributed by atoms with E-state index in [0.29, 0.717) is 31.9 Å². The van der Waals surface area contributed by atoms with Crippen LogP contribution < -0.4 is 4.74 Å². The molecule has 0 aliphatic rings. The number of carbonyl (C=O) groups excluding carboxylic acids is 1. The molecule has 1 heterocycles. The molecule has 164 valence electrons. The van der Waals surface area contributed by atoms with E-state index in [4.69, 9.17) is 13.9 Å². The fraction of sp³-hybridized carbons (Fsp3) is 0.360. The van der Waals surface area contributed by atoms with Gasteiger partial charge in [0.2, 0.25) is 5.89 Å². The standard InChI is InChI=1S/C25H30N2O4/c1-5-29-25(28)23(27(3)4)17-19-11-13-21(14-12-19)30-16-15-22-18(2)31-24(26-22)20-9-7-6-8-10-20/h6-14,23H,5,15-17H2,1-4H3/t23-/m0/s1. The smallest absolute Gasteiger partial charge is 0.323 e. The van der Waals surface area contributed by atoms with Crippen LogP contribution in [0.2, 0.25) is 0 Å². The molecule has 0 unspecified atom stereocenters. The highest BCUT2D eigenvalue weighted by atomic mass is 16.5. The quantitative estimate of drug-likeness (QED) is 0.454. The second-order valence-corrected chi connectivity index (χ2v) is 7.57. The van der Waals surface area contributed by atoms with Gasteiger partial charge in [0.15, 0.2) is 0 Å². The zero-order valence-corrected chi connectivity index (χ0v) is 18.6. The molecule has 0 radical (unpaired) electrons. The van der Waals surface area contributed by atoms with E-state index in [0.717, 1.165) is 28.3 Å². The Morgan fingerprint density at radius 2 is 1.81 bits per heavy atom. The van der Waals surface area contributed by atoms with Gasteiger partial charge in [-0.1, -0.05) is 30.3 Å². The zero-order valence-electron chi connectivity index (χ0n) is 18.6. The SMILES string of the molecule is CCOC(=O)[C@H](Cc1ccc(OCCc2nc(-c3ccccc3)oc2C)cc1)N(C)C. The van der Waals surface area contributed by atoms with E-state index >= 15 is 0 Å². The molecule has 0 N–H and O–H groups in total. The Morgan fingerprint density at radius 1 is 1.10 bits per heavy atom. The first-order valence-corrected chi connectivity index (χ1v) is 10.5. The first-order chi connectivity index (χ1) is 15.0. The average molecular weight is 423 g/mol. The first kappa shape index (κ1) is 22.6. The molecule has 0 spiro atoms. The molecule has 0 saturated carbocycles. The number of hydrogen-bond donors (Lipinski definition) is 0. The van der Waals surface area contributed by atoms with Crippen LogP contribution >= 0.6 is 0 Å². The summed E-state index contributed by atoms with van der Waals surface area (Å²) in [7, 11) is 3.77. The summed E-state index contributed by atoms with van der Waals surface area (Å²) in [6.45, 7) is 4.63. The van der Waals surface area contributed by atoms with E-state index in [1.165, 1.54) is 0 Å². The predicted octanol–water partition coefficient (Wildman–Crippen LogP) is 4.31. The van der Waals surface area contributed by atoms with E-state index in [-0.39, 0.29) is 12.0 Å². The Hall–Kier alpha value is -3.12. The van der Waals surface area contributed by atoms with E-state index in [9.17, 15) is 4.79 Å². The minimum atomic E-state index is -0.305. The maximum atomic E-state index is 12.1. The van der Waals surface area contributed by atoms with Gasteiger partial charge in [-0.05, 0) is 64.2 Å². The van der Waals surface area contributed by atoms with Crippen molar-refractivity contribution in [3.05, 3.63) is 71.6 Å². The van der Waals surface area contributed by atoms with Crippen LogP contribution in [0.25, 0.3) is 11.5 Å². The molecule has 0 saturated heterocycles. The number of hydrogen-bond acceptors (Lipinski definition) is 6. The third-order valence-electron chi connectivity index (χ3n) is 5.06. The summed E-state index contributed by atoms with van der Waals surface area (Å²) in [5.41, 5.74) is 2.92. The maximum absolute atomic E-state index is 12.1. The Bertz CT molecular complexity index is 965. The van der Waals surface area contributed by atoms with E-state index in [1.54, 1.807) is 0 Å². The van der Waals surface area contributed by atoms with Crippen molar-refractivity contribution in [1.29, 1.82) is 0 Å². The third kappa shape index (κ3) is 6.18. The zero-order chi connectivity index (χ0) is 22.2. The van der Waals surface area contributed by atoms with Gasteiger partial charge >= 0.3 is 5.97 Å². The van der Waals surface area contributed by atoms with Gasteiger partial charge in [0.05, 0.1) is 18.9 Å². The van der Waals surface area contributed by atoms with Gasteiger partial charge in [-0.3, -0.25) is 9.69 Å². The molecule has 0 fully saturated rings. The van der Waals surface area contributed by atoms with E-state index in [2.05, 4.69) is 4.98 Å². The topological polar surface area (TPSA) is 64.8 Å². The van der Waals surface area contributed by atoms with E-state index in [1.807, 2.05) is 87.4 Å². The number of aromatic nitrogens is 1. The average Bonchev–Trinajstić information content (AvgIpc) is 3.14. The van der Waals surface area contributed by atoms with Crippen LogP contribution in [0.3, 0.4) is 0 Å². The lowest BCUT2D eigenvalue weighted by atomic mass is 10.1. The lowest BCUT2D eigenvalue weighted by molar-refractivity contribution is -0.148. The summed E-state index contributed by atoms with van der Waals surface area (Å²) in [6.07, 6.45) is 1.25. The minimum absolute atomic E-state index is 0.203. The van der Waals surface area contributed by atoms with Crippen molar-refractivity contribution in [2.24, 2.45) is 0 Å². The molecule has 2 aromatic carbocycles. The van der Waals surface area contributed by atoms with Crippen molar-refractivity contribution in [3.8, 4) is 17.2 Å². The summed E-state index contributed by atoms with van der Waals surface area (Å²) in [5.74, 6) is 2.03. The van der Waals surface area contributed by atoms with Gasteiger partial charge in [0.1, 0.15) is 17.6 Å². The second-order valence-electron chi connectivity index (χ2n) is 7.57. The number of benzene rings is 2. The highest BCUT2D eigenvalue weighted by molar-refractivity contribution is 5.76. The molecule has 3 rings (SSSR count). The molecule has 0 aliphatic carbocycles. The Balaban J connectivity index is 1.54. The minimum Gasteiger partial charge on any atom is -0.493 e. The van der Waals surface area contributed by atoms with Crippen molar-refractivity contribution >= 4 is 5.97 Å². The molecule has 31 heavy (non-hydrogen) atoms. The highest BCUT2D eigenvalue weighted by Crippen LogP contribution is 2.22. The number of oxazole rings is 1. The van der Waals surface area contributed by atoms with Crippen molar-refractivity contribution in [2.45, 2.75) is 32.7 Å². The Morgan fingerprint density at radius 3 is 2.45 bits per heavy atom. The number of carbonyl (C=O) groups is 1. The maximum Gasteiger partial charge on any atom is 0.323 e. The monoisotopic (exact) mass is 422 g/mol. The molecule has 0 amide bonds. The van der Waals surface area contributed by atoms with Gasteiger partial charge in [0.25, 0.3) is 0 Å². The molecule has 6 nitrogen and oxygen atoms in total. The first-order valence-electron chi connectivity index (χ1n) is 10.5. The van der Waals surface area contributed by atoms with Gasteiger partial charge in [-0.25, -0.2) is 4.98 Å². The lowest BCUT2D eigenvalue weighted by Gasteiger charge is -2.22. The summed E-state index contributed by atoms with van der Waals surface area (Å²) >= 11 is 0. The number of ether oxygens (including phenoxy) is 2. The highest BCUT2D eigenvalue weighted by Gasteiger charge is 2.22. The molecule has 0 bridgehead atoms. The second kappa shape index (κ2) is 10.8. The fourth-order valence-electron chi connectivity index (χ4n) is 3.29. The number of esters is 1. The normalized spacial score (nSPS) is 12.0. The summed E-state index contributed by atoms with van der Waals surface area (Å²) < 4.78 is 16.9. The third-order valence-corrected chi connectivity index (χ3v) is 5.06. The number of likely N-dealkylation sites (N-methyl/N-ethyl adjacent to an activating group) is 1. The Labute approximate surface area is 183 Å². The van der Waals surface area contributed by atoms with E-state index < -0.39 is 0 Å². The molecule has 0 aliphatic heterocycles. The largest absolute Gasteiger partial charge is 0.493 e.